The standard InChI is InChI=1S/C34H36N2O13/c1-7-16(3)27-32(42)36(45)34(17(4)8-2,33(43)35(27)44)48-24-15-21(11-14-23(24)49-36)26-29(41)28(40)25(20-9-12-22(39)13-10-20)30(46-18(5)37)31(26)47-19(6)38/h9-17,39-42,44H,7-8H2,1-6H3/t16-,17-,34+,36+/m0/s1. The summed E-state index contributed by atoms with van der Waals surface area (Å²) < 4.78 is 17.1. The summed E-state index contributed by atoms with van der Waals surface area (Å²) >= 11 is 0. The molecule has 0 spiro atoms. The molecule has 0 radical (unpaired) electrons. The van der Waals surface area contributed by atoms with Gasteiger partial charge in [0.25, 0.3) is 0 Å². The molecule has 260 valence electrons. The highest BCUT2D eigenvalue weighted by Crippen LogP contribution is 2.58. The monoisotopic (exact) mass is 680 g/mol. The Balaban J connectivity index is 1.78. The smallest absolute Gasteiger partial charge is 0.374 e. The number of carbonyl (C=O) groups is 3. The number of fused-ring (bicyclic) bond motifs is 2. The molecule has 0 fully saturated rings. The van der Waals surface area contributed by atoms with Gasteiger partial charge in [-0.3, -0.25) is 24.4 Å². The number of aliphatic hydroxyl groups excluding tert-OH is 1. The quantitative estimate of drug-likeness (QED) is 0.0480. The van der Waals surface area contributed by atoms with Gasteiger partial charge in [0, 0.05) is 19.8 Å². The summed E-state index contributed by atoms with van der Waals surface area (Å²) in [4.78, 5) is 42.3. The van der Waals surface area contributed by atoms with Crippen LogP contribution in [-0.4, -0.2) is 59.1 Å². The van der Waals surface area contributed by atoms with Gasteiger partial charge in [-0.2, -0.15) is 5.06 Å². The van der Waals surface area contributed by atoms with Crippen molar-refractivity contribution in [2.75, 3.05) is 0 Å². The largest absolute Gasteiger partial charge is 0.578 e. The maximum Gasteiger partial charge on any atom is 0.374 e. The topological polar surface area (TPSA) is 216 Å². The van der Waals surface area contributed by atoms with Crippen LogP contribution in [0.2, 0.25) is 0 Å². The Hall–Kier alpha value is -5.51. The number of rotatable bonds is 8. The minimum Gasteiger partial charge on any atom is -0.578 e. The number of carbonyl (C=O) groups excluding carboxylic acids is 3. The molecule has 0 saturated carbocycles. The molecule has 4 atom stereocenters. The number of hydroxylamine groups is 6. The van der Waals surface area contributed by atoms with E-state index in [1.54, 1.807) is 20.8 Å². The summed E-state index contributed by atoms with van der Waals surface area (Å²) in [5, 5.41) is 69.7. The molecule has 0 aliphatic carbocycles. The second-order valence-corrected chi connectivity index (χ2v) is 11.9. The van der Waals surface area contributed by atoms with E-state index in [2.05, 4.69) is 0 Å². The number of amides is 1. The van der Waals surface area contributed by atoms with E-state index < -0.39 is 69.1 Å². The summed E-state index contributed by atoms with van der Waals surface area (Å²) in [5.74, 6) is -8.74. The molecule has 3 aromatic carbocycles. The first-order valence-electron chi connectivity index (χ1n) is 15.4. The number of phenols is 3. The van der Waals surface area contributed by atoms with Crippen LogP contribution >= 0.6 is 0 Å². The Morgan fingerprint density at radius 3 is 1.92 bits per heavy atom. The first-order valence-corrected chi connectivity index (χ1v) is 15.4. The van der Waals surface area contributed by atoms with Crippen LogP contribution in [0.15, 0.2) is 54.0 Å². The van der Waals surface area contributed by atoms with Crippen molar-refractivity contribution in [1.82, 2.24) is 5.06 Å². The van der Waals surface area contributed by atoms with Crippen molar-refractivity contribution < 1.29 is 63.9 Å². The summed E-state index contributed by atoms with van der Waals surface area (Å²) in [6.45, 7) is 8.63. The molecule has 1 amide bonds. The number of ether oxygens (including phenoxy) is 3. The molecule has 2 aliphatic heterocycles. The number of aromatic hydroxyl groups is 3. The fraction of sp³-hybridized carbons (Fsp3) is 0.324. The lowest BCUT2D eigenvalue weighted by Crippen LogP contribution is -2.78. The highest BCUT2D eigenvalue weighted by Gasteiger charge is 2.72. The maximum absolute atomic E-state index is 14.6. The van der Waals surface area contributed by atoms with Gasteiger partial charge in [-0.25, -0.2) is 0 Å². The van der Waals surface area contributed by atoms with E-state index in [9.17, 15) is 45.2 Å². The van der Waals surface area contributed by atoms with Crippen LogP contribution in [0.5, 0.6) is 40.2 Å². The third-order valence-electron chi connectivity index (χ3n) is 8.76. The number of allylic oxidation sites excluding steroid dienone is 1. The van der Waals surface area contributed by atoms with Crippen LogP contribution in [0.1, 0.15) is 54.4 Å². The highest BCUT2D eigenvalue weighted by molar-refractivity contribution is 5.96. The van der Waals surface area contributed by atoms with Gasteiger partial charge in [0.05, 0.1) is 17.0 Å². The first kappa shape index (κ1) is 34.8. The van der Waals surface area contributed by atoms with Crippen molar-refractivity contribution in [2.45, 2.75) is 60.1 Å². The van der Waals surface area contributed by atoms with E-state index in [0.29, 0.717) is 6.42 Å². The number of quaternary nitrogens is 1. The normalized spacial score (nSPS) is 21.1. The molecular weight excluding hydrogens is 644 g/mol. The van der Waals surface area contributed by atoms with Crippen molar-refractivity contribution in [3.8, 4) is 62.5 Å². The summed E-state index contributed by atoms with van der Waals surface area (Å²) in [6, 6.07) is 9.02. The van der Waals surface area contributed by atoms with Gasteiger partial charge in [0.1, 0.15) is 5.75 Å². The minimum atomic E-state index is -2.59. The van der Waals surface area contributed by atoms with Gasteiger partial charge in [-0.05, 0) is 54.3 Å². The Morgan fingerprint density at radius 1 is 0.878 bits per heavy atom. The molecule has 5 N–H and O–H groups in total. The molecule has 15 heteroatoms. The number of phenolic OH excluding ortho intramolecular Hbond substituents is 3. The maximum atomic E-state index is 14.6. The van der Waals surface area contributed by atoms with Crippen molar-refractivity contribution in [3.05, 3.63) is 59.3 Å². The van der Waals surface area contributed by atoms with Gasteiger partial charge < -0.3 is 39.8 Å². The third-order valence-corrected chi connectivity index (χ3v) is 8.76. The lowest BCUT2D eigenvalue weighted by atomic mass is 9.89. The second-order valence-electron chi connectivity index (χ2n) is 11.9. The molecule has 15 nitrogen and oxygen atoms in total. The van der Waals surface area contributed by atoms with Gasteiger partial charge in [0.2, 0.25) is 5.75 Å². The van der Waals surface area contributed by atoms with Crippen LogP contribution in [-0.2, 0) is 14.4 Å². The van der Waals surface area contributed by atoms with E-state index in [1.807, 2.05) is 0 Å². The predicted octanol–water partition coefficient (Wildman–Crippen LogP) is 5.74. The average Bonchev–Trinajstić information content (AvgIpc) is 3.05. The van der Waals surface area contributed by atoms with E-state index in [1.165, 1.54) is 49.4 Å². The van der Waals surface area contributed by atoms with Crippen molar-refractivity contribution in [3.63, 3.8) is 0 Å². The highest BCUT2D eigenvalue weighted by atomic mass is 17.0. The average molecular weight is 681 g/mol. The molecule has 0 aromatic heterocycles. The minimum absolute atomic E-state index is 0.0357. The van der Waals surface area contributed by atoms with Gasteiger partial charge >= 0.3 is 29.5 Å². The van der Waals surface area contributed by atoms with Crippen molar-refractivity contribution in [1.29, 1.82) is 0 Å². The van der Waals surface area contributed by atoms with Gasteiger partial charge in [-0.15, -0.1) is 0 Å². The molecule has 0 saturated heterocycles. The Kier molecular flexibility index (Phi) is 8.88. The van der Waals surface area contributed by atoms with Crippen LogP contribution in [0.3, 0.4) is 0 Å². The predicted molar refractivity (Wildman–Crippen MR) is 170 cm³/mol. The van der Waals surface area contributed by atoms with E-state index in [4.69, 9.17) is 19.0 Å². The Morgan fingerprint density at radius 2 is 1.41 bits per heavy atom. The number of hydrogen-bond donors (Lipinski definition) is 5. The molecule has 5 rings (SSSR count). The van der Waals surface area contributed by atoms with E-state index in [0.717, 1.165) is 13.8 Å². The number of hydrogen-bond acceptors (Lipinski definition) is 13. The molecule has 49 heavy (non-hydrogen) atoms. The van der Waals surface area contributed by atoms with Crippen LogP contribution in [0.25, 0.3) is 22.3 Å². The zero-order chi connectivity index (χ0) is 36.2. The van der Waals surface area contributed by atoms with Gasteiger partial charge in [-0.1, -0.05) is 44.6 Å². The lowest BCUT2D eigenvalue weighted by Gasteiger charge is -2.56. The zero-order valence-corrected chi connectivity index (χ0v) is 27.5. The number of benzene rings is 3. The number of esters is 2. The molecular formula is C34H36N2O13. The lowest BCUT2D eigenvalue weighted by molar-refractivity contribution is -1.08. The summed E-state index contributed by atoms with van der Waals surface area (Å²) in [7, 11) is 0. The van der Waals surface area contributed by atoms with Crippen LogP contribution < -0.4 is 19.0 Å². The third kappa shape index (κ3) is 5.31. The fourth-order valence-corrected chi connectivity index (χ4v) is 5.96. The molecule has 0 bridgehead atoms. The van der Waals surface area contributed by atoms with E-state index in [-0.39, 0.29) is 56.7 Å². The first-order chi connectivity index (χ1) is 23.0. The Labute approximate surface area is 280 Å². The number of aliphatic hydroxyl groups is 1. The summed E-state index contributed by atoms with van der Waals surface area (Å²) in [6.07, 6.45) is 0.505. The zero-order valence-electron chi connectivity index (χ0n) is 27.5. The molecule has 0 unspecified atom stereocenters. The molecule has 3 aromatic rings. The second kappa shape index (κ2) is 12.5. The number of nitrogens with zero attached hydrogens (tertiary/aromatic N) is 2. The Bertz CT molecular complexity index is 1890. The van der Waals surface area contributed by atoms with E-state index >= 15 is 0 Å². The SMILES string of the molecule is CC[C@H](C)C1=C(O)[N@@+]2([O-])Oc3ccc(-c4c(O)c(O)c(-c5ccc(O)cc5)c(OC(C)=O)c4OC(C)=O)cc3O[C@]2([C@@H](C)CC)C(=O)N1O. The summed E-state index contributed by atoms with van der Waals surface area (Å²) in [5.41, 5.74) is -3.41. The van der Waals surface area contributed by atoms with Gasteiger partial charge in [0.15, 0.2) is 34.4 Å². The fourth-order valence-electron chi connectivity index (χ4n) is 5.96. The molecule has 2 aliphatic rings. The van der Waals surface area contributed by atoms with Crippen molar-refractivity contribution >= 4 is 17.8 Å². The molecule has 2 heterocycles. The van der Waals surface area contributed by atoms with Crippen LogP contribution in [0.4, 0.5) is 0 Å². The van der Waals surface area contributed by atoms with Crippen molar-refractivity contribution in [2.24, 2.45) is 11.8 Å². The van der Waals surface area contributed by atoms with Crippen LogP contribution in [0, 0.1) is 17.0 Å².